The van der Waals surface area contributed by atoms with Crippen LogP contribution in [-0.4, -0.2) is 14.6 Å². The number of fused-ring (bicyclic) bond motifs is 1. The summed E-state index contributed by atoms with van der Waals surface area (Å²) in [5, 5.41) is 12.0. The van der Waals surface area contributed by atoms with E-state index in [-0.39, 0.29) is 11.4 Å². The standard InChI is InChI=1S/C20H13FN4O/c1-12-19(15-7-2-3-8-16(15)21)24-25-18(26)10-17(23-20(12)25)14-6-4-5-13(9-14)11-22/h2-10,24H,1H3. The number of nitriles is 1. The number of nitrogens with one attached hydrogen (secondary N) is 1. The van der Waals surface area contributed by atoms with Gasteiger partial charge < -0.3 is 0 Å². The molecule has 126 valence electrons. The number of rotatable bonds is 2. The molecule has 0 aliphatic heterocycles. The Labute approximate surface area is 148 Å². The second-order valence-electron chi connectivity index (χ2n) is 5.92. The number of hydrogen-bond acceptors (Lipinski definition) is 3. The quantitative estimate of drug-likeness (QED) is 0.603. The molecule has 2 aromatic heterocycles. The molecule has 0 unspecified atom stereocenters. The monoisotopic (exact) mass is 344 g/mol. The highest BCUT2D eigenvalue weighted by Gasteiger charge is 2.16. The van der Waals surface area contributed by atoms with Crippen LogP contribution >= 0.6 is 0 Å². The molecular weight excluding hydrogens is 331 g/mol. The average Bonchev–Trinajstić information content (AvgIpc) is 2.99. The maximum Gasteiger partial charge on any atom is 0.273 e. The number of hydrogen-bond donors (Lipinski definition) is 1. The number of nitrogens with zero attached hydrogens (tertiary/aromatic N) is 3. The predicted octanol–water partition coefficient (Wildman–Crippen LogP) is 3.68. The van der Waals surface area contributed by atoms with Crippen LogP contribution in [0.3, 0.4) is 0 Å². The molecule has 0 fully saturated rings. The molecule has 4 aromatic rings. The van der Waals surface area contributed by atoms with E-state index in [0.29, 0.717) is 39.3 Å². The van der Waals surface area contributed by atoms with Gasteiger partial charge in [0.1, 0.15) is 5.82 Å². The lowest BCUT2D eigenvalue weighted by atomic mass is 10.1. The van der Waals surface area contributed by atoms with Crippen molar-refractivity contribution in [1.82, 2.24) is 14.6 Å². The van der Waals surface area contributed by atoms with Crippen molar-refractivity contribution < 1.29 is 4.39 Å². The molecule has 0 atom stereocenters. The molecule has 2 heterocycles. The van der Waals surface area contributed by atoms with Crippen LogP contribution in [0.5, 0.6) is 0 Å². The van der Waals surface area contributed by atoms with Crippen LogP contribution in [0.4, 0.5) is 4.39 Å². The number of halogens is 1. The van der Waals surface area contributed by atoms with Gasteiger partial charge in [-0.15, -0.1) is 0 Å². The molecule has 5 nitrogen and oxygen atoms in total. The highest BCUT2D eigenvalue weighted by Crippen LogP contribution is 2.27. The molecule has 1 N–H and O–H groups in total. The summed E-state index contributed by atoms with van der Waals surface area (Å²) in [5.74, 6) is -0.378. The van der Waals surface area contributed by atoms with Crippen LogP contribution in [-0.2, 0) is 0 Å². The van der Waals surface area contributed by atoms with E-state index >= 15 is 0 Å². The molecule has 0 spiro atoms. The third-order valence-electron chi connectivity index (χ3n) is 4.28. The van der Waals surface area contributed by atoms with Gasteiger partial charge in [-0.3, -0.25) is 9.89 Å². The molecule has 0 saturated carbocycles. The van der Waals surface area contributed by atoms with E-state index in [9.17, 15) is 9.18 Å². The Balaban J connectivity index is 1.96. The van der Waals surface area contributed by atoms with Crippen LogP contribution in [0.25, 0.3) is 28.2 Å². The minimum Gasteiger partial charge on any atom is -0.289 e. The highest BCUT2D eigenvalue weighted by molar-refractivity contribution is 5.72. The maximum absolute atomic E-state index is 14.2. The van der Waals surface area contributed by atoms with Gasteiger partial charge in [0, 0.05) is 22.8 Å². The highest BCUT2D eigenvalue weighted by atomic mass is 19.1. The van der Waals surface area contributed by atoms with Gasteiger partial charge in [-0.05, 0) is 31.2 Å². The van der Waals surface area contributed by atoms with Gasteiger partial charge in [0.05, 0.1) is 23.0 Å². The third-order valence-corrected chi connectivity index (χ3v) is 4.28. The fraction of sp³-hybridized carbons (Fsp3) is 0.0500. The lowest BCUT2D eigenvalue weighted by Gasteiger charge is -2.02. The van der Waals surface area contributed by atoms with Crippen molar-refractivity contribution in [2.45, 2.75) is 6.92 Å². The molecule has 0 aliphatic rings. The summed E-state index contributed by atoms with van der Waals surface area (Å²) >= 11 is 0. The zero-order chi connectivity index (χ0) is 18.3. The van der Waals surface area contributed by atoms with Crippen LogP contribution in [0.1, 0.15) is 11.1 Å². The molecule has 0 aliphatic carbocycles. The van der Waals surface area contributed by atoms with E-state index < -0.39 is 0 Å². The molecule has 0 radical (unpaired) electrons. The zero-order valence-corrected chi connectivity index (χ0v) is 13.8. The molecule has 26 heavy (non-hydrogen) atoms. The molecular formula is C20H13FN4O. The van der Waals surface area contributed by atoms with E-state index in [1.54, 1.807) is 49.4 Å². The third kappa shape index (κ3) is 2.47. The Morgan fingerprint density at radius 2 is 1.96 bits per heavy atom. The molecule has 0 saturated heterocycles. The summed E-state index contributed by atoms with van der Waals surface area (Å²) in [7, 11) is 0. The van der Waals surface area contributed by atoms with Gasteiger partial charge in [0.25, 0.3) is 5.56 Å². The van der Waals surface area contributed by atoms with Crippen molar-refractivity contribution in [1.29, 1.82) is 5.26 Å². The Hall–Kier alpha value is -3.72. The second kappa shape index (κ2) is 5.97. The van der Waals surface area contributed by atoms with Crippen molar-refractivity contribution in [3.05, 3.63) is 81.9 Å². The summed E-state index contributed by atoms with van der Waals surface area (Å²) in [6, 6.07) is 16.7. The van der Waals surface area contributed by atoms with Crippen molar-refractivity contribution in [2.75, 3.05) is 0 Å². The fourth-order valence-corrected chi connectivity index (χ4v) is 2.97. The summed E-state index contributed by atoms with van der Waals surface area (Å²) in [6.07, 6.45) is 0. The Bertz CT molecular complexity index is 1250. The van der Waals surface area contributed by atoms with E-state index in [4.69, 9.17) is 5.26 Å². The van der Waals surface area contributed by atoms with Gasteiger partial charge in [0.15, 0.2) is 5.65 Å². The Kier molecular flexibility index (Phi) is 3.63. The normalized spacial score (nSPS) is 10.8. The first-order valence-corrected chi connectivity index (χ1v) is 7.96. The SMILES string of the molecule is Cc1c(-c2ccccc2F)[nH]n2c(=O)cc(-c3cccc(C#N)c3)nc12. The molecule has 0 bridgehead atoms. The van der Waals surface area contributed by atoms with Crippen LogP contribution < -0.4 is 5.56 Å². The first-order valence-electron chi connectivity index (χ1n) is 7.96. The minimum absolute atomic E-state index is 0.307. The average molecular weight is 344 g/mol. The molecule has 4 rings (SSSR count). The van der Waals surface area contributed by atoms with Gasteiger partial charge in [-0.2, -0.15) is 5.26 Å². The molecule has 6 heteroatoms. The smallest absolute Gasteiger partial charge is 0.273 e. The van der Waals surface area contributed by atoms with Crippen molar-refractivity contribution >= 4 is 5.65 Å². The van der Waals surface area contributed by atoms with E-state index in [2.05, 4.69) is 16.2 Å². The van der Waals surface area contributed by atoms with Gasteiger partial charge in [-0.1, -0.05) is 24.3 Å². The molecule has 2 aromatic carbocycles. The van der Waals surface area contributed by atoms with Gasteiger partial charge in [0.2, 0.25) is 0 Å². The van der Waals surface area contributed by atoms with E-state index in [1.165, 1.54) is 16.6 Å². The number of H-pyrrole nitrogens is 1. The number of aryl methyl sites for hydroxylation is 1. The first kappa shape index (κ1) is 15.8. The Morgan fingerprint density at radius 1 is 1.15 bits per heavy atom. The lowest BCUT2D eigenvalue weighted by molar-refractivity contribution is 0.630. The topological polar surface area (TPSA) is 73.9 Å². The Morgan fingerprint density at radius 3 is 2.73 bits per heavy atom. The van der Waals surface area contributed by atoms with E-state index in [1.807, 2.05) is 0 Å². The maximum atomic E-state index is 14.2. The van der Waals surface area contributed by atoms with Crippen LogP contribution in [0.2, 0.25) is 0 Å². The van der Waals surface area contributed by atoms with Crippen molar-refractivity contribution in [2.24, 2.45) is 0 Å². The van der Waals surface area contributed by atoms with E-state index in [0.717, 1.165) is 0 Å². The summed E-state index contributed by atoms with van der Waals surface area (Å²) in [6.45, 7) is 1.79. The summed E-state index contributed by atoms with van der Waals surface area (Å²) in [4.78, 5) is 17.1. The van der Waals surface area contributed by atoms with Gasteiger partial charge in [-0.25, -0.2) is 13.9 Å². The summed E-state index contributed by atoms with van der Waals surface area (Å²) < 4.78 is 15.5. The first-order chi connectivity index (χ1) is 12.6. The minimum atomic E-state index is -0.378. The zero-order valence-electron chi connectivity index (χ0n) is 13.8. The second-order valence-corrected chi connectivity index (χ2v) is 5.92. The van der Waals surface area contributed by atoms with Crippen molar-refractivity contribution in [3.8, 4) is 28.6 Å². The number of aromatic nitrogens is 3. The lowest BCUT2D eigenvalue weighted by Crippen LogP contribution is -2.14. The largest absolute Gasteiger partial charge is 0.289 e. The number of aromatic amines is 1. The summed E-state index contributed by atoms with van der Waals surface area (Å²) in [5.41, 5.74) is 3.31. The van der Waals surface area contributed by atoms with Crippen LogP contribution in [0.15, 0.2) is 59.4 Å². The van der Waals surface area contributed by atoms with Crippen LogP contribution in [0, 0.1) is 24.1 Å². The predicted molar refractivity (Wildman–Crippen MR) is 96.1 cm³/mol. The fourth-order valence-electron chi connectivity index (χ4n) is 2.97. The molecule has 0 amide bonds. The van der Waals surface area contributed by atoms with Crippen molar-refractivity contribution in [3.63, 3.8) is 0 Å². The number of benzene rings is 2. The van der Waals surface area contributed by atoms with Gasteiger partial charge >= 0.3 is 0 Å².